The van der Waals surface area contributed by atoms with E-state index in [9.17, 15) is 21.6 Å². The number of nitrogens with one attached hydrogen (secondary N) is 1. The lowest BCUT2D eigenvalue weighted by molar-refractivity contribution is -0.137. The molecule has 1 atom stereocenters. The largest absolute Gasteiger partial charge is 0.416 e. The van der Waals surface area contributed by atoms with Crippen molar-refractivity contribution in [3.8, 4) is 0 Å². The molecule has 19 heavy (non-hydrogen) atoms. The van der Waals surface area contributed by atoms with Crippen LogP contribution in [-0.4, -0.2) is 20.2 Å². The van der Waals surface area contributed by atoms with E-state index >= 15 is 0 Å². The first-order valence-corrected chi connectivity index (χ1v) is 7.49. The highest BCUT2D eigenvalue weighted by atomic mass is 79.9. The molecule has 0 fully saturated rings. The lowest BCUT2D eigenvalue weighted by atomic mass is 10.2. The monoisotopic (exact) mass is 360 g/mol. The zero-order valence-corrected chi connectivity index (χ0v) is 12.2. The highest BCUT2D eigenvalue weighted by Gasteiger charge is 2.31. The van der Waals surface area contributed by atoms with Crippen LogP contribution in [0.1, 0.15) is 12.5 Å². The Kier molecular flexibility index (Phi) is 4.86. The summed E-state index contributed by atoms with van der Waals surface area (Å²) < 4.78 is 63.4. The fourth-order valence-electron chi connectivity index (χ4n) is 1.20. The number of sulfonamides is 1. The Labute approximate surface area is 117 Å². The summed E-state index contributed by atoms with van der Waals surface area (Å²) in [5.41, 5.74) is 4.12. The molecule has 0 saturated carbocycles. The molecule has 3 N–H and O–H groups in total. The van der Waals surface area contributed by atoms with Gasteiger partial charge in [-0.3, -0.25) is 4.72 Å². The minimum Gasteiger partial charge on any atom is -0.329 e. The van der Waals surface area contributed by atoms with Crippen molar-refractivity contribution in [1.29, 1.82) is 0 Å². The van der Waals surface area contributed by atoms with Gasteiger partial charge < -0.3 is 5.73 Å². The lowest BCUT2D eigenvalue weighted by Gasteiger charge is -2.15. The molecule has 0 aliphatic carbocycles. The molecule has 108 valence electrons. The van der Waals surface area contributed by atoms with Gasteiger partial charge in [-0.25, -0.2) is 8.42 Å². The SMILES string of the molecule is CC(CN)S(=O)(=O)Nc1cc(Br)cc(C(F)(F)F)c1. The van der Waals surface area contributed by atoms with Gasteiger partial charge in [0.25, 0.3) is 0 Å². The number of anilines is 1. The molecule has 0 saturated heterocycles. The van der Waals surface area contributed by atoms with Gasteiger partial charge in [-0.05, 0) is 25.1 Å². The van der Waals surface area contributed by atoms with Gasteiger partial charge in [0, 0.05) is 11.0 Å². The van der Waals surface area contributed by atoms with Crippen LogP contribution in [0.4, 0.5) is 18.9 Å². The van der Waals surface area contributed by atoms with Gasteiger partial charge in [0.1, 0.15) is 0 Å². The van der Waals surface area contributed by atoms with Crippen molar-refractivity contribution in [3.05, 3.63) is 28.2 Å². The predicted molar refractivity (Wildman–Crippen MR) is 70.2 cm³/mol. The topological polar surface area (TPSA) is 72.2 Å². The van der Waals surface area contributed by atoms with Crippen LogP contribution in [-0.2, 0) is 16.2 Å². The van der Waals surface area contributed by atoms with Crippen LogP contribution in [0.3, 0.4) is 0 Å². The molecule has 0 aromatic heterocycles. The van der Waals surface area contributed by atoms with E-state index in [0.717, 1.165) is 12.1 Å². The Bertz CT molecular complexity index is 560. The van der Waals surface area contributed by atoms with Gasteiger partial charge in [-0.15, -0.1) is 0 Å². The molecule has 0 radical (unpaired) electrons. The Hall–Kier alpha value is -0.800. The van der Waals surface area contributed by atoms with Crippen LogP contribution in [0.15, 0.2) is 22.7 Å². The standard InChI is InChI=1S/C10H12BrF3N2O2S/c1-6(5-15)19(17,18)16-9-3-7(10(12,13)14)2-8(11)4-9/h2-4,6,16H,5,15H2,1H3. The minimum atomic E-state index is -4.55. The second-order valence-corrected chi connectivity index (χ2v) is 6.93. The molecule has 1 unspecified atom stereocenters. The fraction of sp³-hybridized carbons (Fsp3) is 0.400. The van der Waals surface area contributed by atoms with E-state index in [1.807, 2.05) is 0 Å². The molecule has 0 aliphatic heterocycles. The van der Waals surface area contributed by atoms with Crippen molar-refractivity contribution in [1.82, 2.24) is 0 Å². The van der Waals surface area contributed by atoms with Crippen LogP contribution in [0.25, 0.3) is 0 Å². The number of nitrogens with two attached hydrogens (primary N) is 1. The number of rotatable bonds is 4. The summed E-state index contributed by atoms with van der Waals surface area (Å²) in [6.45, 7) is 1.24. The molecule has 0 amide bonds. The molecule has 0 heterocycles. The van der Waals surface area contributed by atoms with Crippen LogP contribution in [0, 0.1) is 0 Å². The van der Waals surface area contributed by atoms with Crippen molar-refractivity contribution in [3.63, 3.8) is 0 Å². The molecule has 1 aromatic carbocycles. The summed E-state index contributed by atoms with van der Waals surface area (Å²) in [5.74, 6) is 0. The minimum absolute atomic E-state index is 0.125. The summed E-state index contributed by atoms with van der Waals surface area (Å²) in [6, 6.07) is 2.84. The van der Waals surface area contributed by atoms with E-state index < -0.39 is 27.0 Å². The highest BCUT2D eigenvalue weighted by Crippen LogP contribution is 2.33. The number of benzene rings is 1. The van der Waals surface area contributed by atoms with Crippen LogP contribution in [0.5, 0.6) is 0 Å². The predicted octanol–water partition coefficient (Wildman–Crippen LogP) is 2.56. The Morgan fingerprint density at radius 3 is 2.42 bits per heavy atom. The molecule has 9 heteroatoms. The summed E-state index contributed by atoms with van der Waals surface area (Å²) in [6.07, 6.45) is -4.55. The molecule has 0 bridgehead atoms. The summed E-state index contributed by atoms with van der Waals surface area (Å²) in [4.78, 5) is 0. The van der Waals surface area contributed by atoms with Crippen molar-refractivity contribution in [2.24, 2.45) is 5.73 Å². The van der Waals surface area contributed by atoms with E-state index in [1.54, 1.807) is 0 Å². The summed E-state index contributed by atoms with van der Waals surface area (Å²) in [5, 5.41) is -0.902. The number of alkyl halides is 3. The molecule has 0 spiro atoms. The van der Waals surface area contributed by atoms with Crippen LogP contribution in [0.2, 0.25) is 0 Å². The quantitative estimate of drug-likeness (QED) is 0.866. The third-order valence-electron chi connectivity index (χ3n) is 2.35. The van der Waals surface area contributed by atoms with Crippen LogP contribution >= 0.6 is 15.9 Å². The van der Waals surface area contributed by atoms with Crippen LogP contribution < -0.4 is 10.5 Å². The lowest BCUT2D eigenvalue weighted by Crippen LogP contribution is -2.31. The third-order valence-corrected chi connectivity index (χ3v) is 4.58. The van der Waals surface area contributed by atoms with Crippen molar-refractivity contribution < 1.29 is 21.6 Å². The maximum atomic E-state index is 12.6. The van der Waals surface area contributed by atoms with Gasteiger partial charge in [0.2, 0.25) is 10.0 Å². The zero-order valence-electron chi connectivity index (χ0n) is 9.83. The first-order chi connectivity index (χ1) is 8.56. The number of hydrogen-bond donors (Lipinski definition) is 2. The molecule has 4 nitrogen and oxygen atoms in total. The zero-order chi connectivity index (χ0) is 14.8. The number of halogens is 4. The van der Waals surface area contributed by atoms with Gasteiger partial charge >= 0.3 is 6.18 Å². The van der Waals surface area contributed by atoms with Gasteiger partial charge in [0.15, 0.2) is 0 Å². The Morgan fingerprint density at radius 1 is 1.37 bits per heavy atom. The van der Waals surface area contributed by atoms with Crippen molar-refractivity contribution >= 4 is 31.6 Å². The van der Waals surface area contributed by atoms with Gasteiger partial charge in [-0.1, -0.05) is 15.9 Å². The average molecular weight is 361 g/mol. The molecular formula is C10H12BrF3N2O2S. The fourth-order valence-corrected chi connectivity index (χ4v) is 2.60. The van der Waals surface area contributed by atoms with Crippen molar-refractivity contribution in [2.75, 3.05) is 11.3 Å². The highest BCUT2D eigenvalue weighted by molar-refractivity contribution is 9.10. The summed E-state index contributed by atoms with van der Waals surface area (Å²) >= 11 is 2.91. The maximum Gasteiger partial charge on any atom is 0.416 e. The van der Waals surface area contributed by atoms with E-state index in [-0.39, 0.29) is 16.7 Å². The molecule has 0 aliphatic rings. The molecule has 1 rings (SSSR count). The van der Waals surface area contributed by atoms with E-state index in [4.69, 9.17) is 5.73 Å². The average Bonchev–Trinajstić information content (AvgIpc) is 2.25. The van der Waals surface area contributed by atoms with E-state index in [1.165, 1.54) is 13.0 Å². The third kappa shape index (κ3) is 4.36. The Morgan fingerprint density at radius 2 is 1.95 bits per heavy atom. The maximum absolute atomic E-state index is 12.6. The molecule has 1 aromatic rings. The second-order valence-electron chi connectivity index (χ2n) is 3.92. The normalized spacial score (nSPS) is 14.2. The first kappa shape index (κ1) is 16.3. The van der Waals surface area contributed by atoms with Gasteiger partial charge in [-0.2, -0.15) is 13.2 Å². The second kappa shape index (κ2) is 5.68. The first-order valence-electron chi connectivity index (χ1n) is 5.15. The smallest absolute Gasteiger partial charge is 0.329 e. The van der Waals surface area contributed by atoms with E-state index in [2.05, 4.69) is 20.7 Å². The van der Waals surface area contributed by atoms with E-state index in [0.29, 0.717) is 0 Å². The number of hydrogen-bond acceptors (Lipinski definition) is 3. The Balaban J connectivity index is 3.13. The van der Waals surface area contributed by atoms with Gasteiger partial charge in [0.05, 0.1) is 16.5 Å². The summed E-state index contributed by atoms with van der Waals surface area (Å²) in [7, 11) is -3.81. The molecular weight excluding hydrogens is 349 g/mol. The van der Waals surface area contributed by atoms with Crippen molar-refractivity contribution in [2.45, 2.75) is 18.3 Å².